The van der Waals surface area contributed by atoms with E-state index in [4.69, 9.17) is 14.5 Å². The van der Waals surface area contributed by atoms with E-state index in [0.29, 0.717) is 65.5 Å². The van der Waals surface area contributed by atoms with Gasteiger partial charge in [-0.2, -0.15) is 9.97 Å². The van der Waals surface area contributed by atoms with Gasteiger partial charge in [0.05, 0.1) is 23.2 Å². The first-order valence-electron chi connectivity index (χ1n) is 13.8. The highest BCUT2D eigenvalue weighted by molar-refractivity contribution is 6.01. The number of phenolic OH excluding ortho intramolecular Hbond substituents is 1. The third kappa shape index (κ3) is 3.89. The molecule has 3 aliphatic rings. The number of fused-ring (bicyclic) bond motifs is 2. The molecule has 0 saturated carbocycles. The molecule has 0 bridgehead atoms. The van der Waals surface area contributed by atoms with Crippen molar-refractivity contribution in [1.29, 1.82) is 0 Å². The van der Waals surface area contributed by atoms with Crippen LogP contribution in [-0.2, 0) is 12.8 Å². The van der Waals surface area contributed by atoms with Gasteiger partial charge in [-0.25, -0.2) is 13.8 Å². The number of benzene rings is 2. The van der Waals surface area contributed by atoms with Crippen LogP contribution in [0.4, 0.5) is 8.78 Å². The normalized spacial score (nSPS) is 18.3. The second kappa shape index (κ2) is 9.26. The Kier molecular flexibility index (Phi) is 5.80. The molecule has 2 fully saturated rings. The lowest BCUT2D eigenvalue weighted by molar-refractivity contribution is 0.107. The minimum Gasteiger partial charge on any atom is -0.508 e. The number of nitrogens with zero attached hydrogens (tertiary/aromatic N) is 4. The first-order valence-corrected chi connectivity index (χ1v) is 13.8. The van der Waals surface area contributed by atoms with Gasteiger partial charge in [0.25, 0.3) is 0 Å². The fraction of sp³-hybridized carbons (Fsp3) is 0.433. The summed E-state index contributed by atoms with van der Waals surface area (Å²) in [6.45, 7) is 4.85. The molecule has 0 spiro atoms. The zero-order valence-electron chi connectivity index (χ0n) is 21.9. The standard InChI is InChI=1S/C30H30F2N4O3/c1-2-19-21(31)8-7-17-14-18(37)15-20(23(17)19)26-25(32)27-24-22(33-26)6-3-13-38-28(24)35-29(34-27)39-16-30-9-4-11-36(30)12-5-10-30/h7-8,14-15,37H,2-6,9-13,16H2,1H3. The van der Waals surface area contributed by atoms with E-state index in [1.807, 2.05) is 6.92 Å². The first-order chi connectivity index (χ1) is 19.0. The highest BCUT2D eigenvalue weighted by atomic mass is 19.1. The largest absolute Gasteiger partial charge is 0.508 e. The highest BCUT2D eigenvalue weighted by Gasteiger charge is 2.45. The maximum absolute atomic E-state index is 16.5. The molecule has 0 atom stereocenters. The van der Waals surface area contributed by atoms with Crippen molar-refractivity contribution >= 4 is 21.7 Å². The van der Waals surface area contributed by atoms with Crippen LogP contribution in [0.1, 0.15) is 50.3 Å². The molecule has 2 aromatic heterocycles. The molecule has 9 heteroatoms. The van der Waals surface area contributed by atoms with Gasteiger partial charge in [0, 0.05) is 5.56 Å². The molecule has 5 heterocycles. The summed E-state index contributed by atoms with van der Waals surface area (Å²) in [5.41, 5.74) is 1.46. The maximum atomic E-state index is 16.5. The van der Waals surface area contributed by atoms with Gasteiger partial charge in [-0.05, 0) is 92.6 Å². The first kappa shape index (κ1) is 24.5. The Balaban J connectivity index is 1.41. The van der Waals surface area contributed by atoms with E-state index in [2.05, 4.69) is 14.9 Å². The molecule has 7 nitrogen and oxygen atoms in total. The fourth-order valence-corrected chi connectivity index (χ4v) is 6.82. The molecule has 0 aliphatic carbocycles. The van der Waals surface area contributed by atoms with Gasteiger partial charge in [0.15, 0.2) is 5.82 Å². The lowest BCUT2D eigenvalue weighted by Crippen LogP contribution is -2.43. The predicted molar refractivity (Wildman–Crippen MR) is 143 cm³/mol. The smallest absolute Gasteiger partial charge is 0.320 e. The predicted octanol–water partition coefficient (Wildman–Crippen LogP) is 5.72. The third-order valence-electron chi connectivity index (χ3n) is 8.65. The Labute approximate surface area is 224 Å². The van der Waals surface area contributed by atoms with Gasteiger partial charge in [-0.3, -0.25) is 4.90 Å². The molecule has 3 aliphatic heterocycles. The number of hydrogen-bond acceptors (Lipinski definition) is 7. The molecule has 7 rings (SSSR count). The Morgan fingerprint density at radius 2 is 1.87 bits per heavy atom. The number of aryl methyl sites for hydroxylation is 2. The second-order valence-corrected chi connectivity index (χ2v) is 10.9. The van der Waals surface area contributed by atoms with Crippen LogP contribution in [0.5, 0.6) is 17.6 Å². The topological polar surface area (TPSA) is 80.6 Å². The molecule has 202 valence electrons. The van der Waals surface area contributed by atoms with Gasteiger partial charge in [0.2, 0.25) is 5.88 Å². The van der Waals surface area contributed by atoms with Crippen molar-refractivity contribution in [3.05, 3.63) is 47.2 Å². The summed E-state index contributed by atoms with van der Waals surface area (Å²) >= 11 is 0. The van der Waals surface area contributed by atoms with E-state index in [1.54, 1.807) is 12.1 Å². The average Bonchev–Trinajstić information content (AvgIpc) is 3.44. The average molecular weight is 533 g/mol. The zero-order valence-corrected chi connectivity index (χ0v) is 21.9. The van der Waals surface area contributed by atoms with Crippen LogP contribution >= 0.6 is 0 Å². The minimum absolute atomic E-state index is 0.0124. The summed E-state index contributed by atoms with van der Waals surface area (Å²) in [5.74, 6) is -0.829. The third-order valence-corrected chi connectivity index (χ3v) is 8.65. The SMILES string of the molecule is CCc1c(F)ccc2cc(O)cc(-c3nc4c5c(nc(OCC67CCCN6CCC7)nc5c3F)OCCC4)c12. The lowest BCUT2D eigenvalue weighted by Gasteiger charge is -2.31. The number of rotatable bonds is 5. The van der Waals surface area contributed by atoms with Gasteiger partial charge in [-0.15, -0.1) is 0 Å². The number of ether oxygens (including phenoxy) is 2. The fourth-order valence-electron chi connectivity index (χ4n) is 6.82. The summed E-state index contributed by atoms with van der Waals surface area (Å²) in [6.07, 6.45) is 6.04. The monoisotopic (exact) mass is 532 g/mol. The summed E-state index contributed by atoms with van der Waals surface area (Å²) in [5, 5.41) is 12.1. The molecule has 2 saturated heterocycles. The second-order valence-electron chi connectivity index (χ2n) is 10.9. The number of hydrogen-bond donors (Lipinski definition) is 1. The quantitative estimate of drug-likeness (QED) is 0.352. The summed E-state index contributed by atoms with van der Waals surface area (Å²) in [4.78, 5) is 16.3. The Hall–Kier alpha value is -3.59. The molecule has 4 aromatic rings. The van der Waals surface area contributed by atoms with Gasteiger partial charge in [-0.1, -0.05) is 13.0 Å². The zero-order chi connectivity index (χ0) is 26.7. The molecular formula is C30H30F2N4O3. The van der Waals surface area contributed by atoms with Crippen LogP contribution in [0.2, 0.25) is 0 Å². The van der Waals surface area contributed by atoms with E-state index >= 15 is 4.39 Å². The van der Waals surface area contributed by atoms with Crippen molar-refractivity contribution in [2.75, 3.05) is 26.3 Å². The van der Waals surface area contributed by atoms with Gasteiger partial charge < -0.3 is 14.6 Å². The van der Waals surface area contributed by atoms with E-state index in [9.17, 15) is 9.50 Å². The van der Waals surface area contributed by atoms with Crippen LogP contribution < -0.4 is 9.47 Å². The van der Waals surface area contributed by atoms with Gasteiger partial charge >= 0.3 is 6.01 Å². The Morgan fingerprint density at radius 3 is 2.67 bits per heavy atom. The maximum Gasteiger partial charge on any atom is 0.320 e. The van der Waals surface area contributed by atoms with E-state index in [1.165, 1.54) is 12.1 Å². The van der Waals surface area contributed by atoms with E-state index < -0.39 is 5.82 Å². The Morgan fingerprint density at radius 1 is 1.05 bits per heavy atom. The van der Waals surface area contributed by atoms with Crippen LogP contribution in [0.15, 0.2) is 24.3 Å². The lowest BCUT2D eigenvalue weighted by atomic mass is 9.94. The van der Waals surface area contributed by atoms with Crippen LogP contribution in [-0.4, -0.2) is 56.8 Å². The number of aromatic nitrogens is 3. The van der Waals surface area contributed by atoms with E-state index in [-0.39, 0.29) is 40.2 Å². The van der Waals surface area contributed by atoms with Crippen molar-refractivity contribution in [2.45, 2.75) is 57.4 Å². The molecule has 0 radical (unpaired) electrons. The van der Waals surface area contributed by atoms with Crippen molar-refractivity contribution in [1.82, 2.24) is 19.9 Å². The summed E-state index contributed by atoms with van der Waals surface area (Å²) in [7, 11) is 0. The molecule has 1 N–H and O–H groups in total. The van der Waals surface area contributed by atoms with E-state index in [0.717, 1.165) is 38.8 Å². The van der Waals surface area contributed by atoms with Crippen molar-refractivity contribution < 1.29 is 23.4 Å². The van der Waals surface area contributed by atoms with Crippen molar-refractivity contribution in [3.63, 3.8) is 0 Å². The van der Waals surface area contributed by atoms with Crippen LogP contribution in [0.25, 0.3) is 32.9 Å². The van der Waals surface area contributed by atoms with Gasteiger partial charge in [0.1, 0.15) is 29.4 Å². The minimum atomic E-state index is -0.674. The molecule has 0 amide bonds. The summed E-state index contributed by atoms with van der Waals surface area (Å²) in [6, 6.07) is 6.05. The van der Waals surface area contributed by atoms with Crippen molar-refractivity contribution in [2.24, 2.45) is 0 Å². The number of halogens is 2. The molecule has 2 aromatic carbocycles. The number of phenols is 1. The Bertz CT molecular complexity index is 1620. The van der Waals surface area contributed by atoms with Crippen molar-refractivity contribution in [3.8, 4) is 28.9 Å². The molecule has 39 heavy (non-hydrogen) atoms. The molecule has 0 unspecified atom stereocenters. The van der Waals surface area contributed by atoms with Crippen LogP contribution in [0, 0.1) is 11.6 Å². The molecular weight excluding hydrogens is 502 g/mol. The number of pyridine rings is 1. The highest BCUT2D eigenvalue weighted by Crippen LogP contribution is 2.42. The summed E-state index contributed by atoms with van der Waals surface area (Å²) < 4.78 is 43.4. The van der Waals surface area contributed by atoms with Crippen LogP contribution in [0.3, 0.4) is 0 Å². The number of aromatic hydroxyl groups is 1.